The van der Waals surface area contributed by atoms with Crippen LogP contribution >= 0.6 is 11.6 Å². The molecule has 2 aromatic rings. The fraction of sp³-hybridized carbons (Fsp3) is 0.545. The molecule has 2 heterocycles. The van der Waals surface area contributed by atoms with Crippen molar-refractivity contribution >= 4 is 23.2 Å². The highest BCUT2D eigenvalue weighted by Crippen LogP contribution is 2.28. The number of nitrogens with zero attached hydrogens (tertiary/aromatic N) is 2. The van der Waals surface area contributed by atoms with Gasteiger partial charge in [0.25, 0.3) is 0 Å². The van der Waals surface area contributed by atoms with Gasteiger partial charge in [0.1, 0.15) is 30.1 Å². The van der Waals surface area contributed by atoms with E-state index in [4.69, 9.17) is 31.0 Å². The predicted molar refractivity (Wildman–Crippen MR) is 124 cm³/mol. The maximum Gasteiger partial charge on any atom is 0.164 e. The first-order valence-corrected chi connectivity index (χ1v) is 11.2. The highest BCUT2D eigenvalue weighted by molar-refractivity contribution is 6.17. The third-order valence-electron chi connectivity index (χ3n) is 4.99. The summed E-state index contributed by atoms with van der Waals surface area (Å²) in [6, 6.07) is 7.84. The Labute approximate surface area is 188 Å². The van der Waals surface area contributed by atoms with Gasteiger partial charge in [0.2, 0.25) is 0 Å². The Kier molecular flexibility index (Phi) is 9.14. The summed E-state index contributed by atoms with van der Waals surface area (Å²) in [6.45, 7) is 4.85. The van der Waals surface area contributed by atoms with Gasteiger partial charge < -0.3 is 30.5 Å². The summed E-state index contributed by atoms with van der Waals surface area (Å²) >= 11 is 5.83. The molecule has 1 fully saturated rings. The second kappa shape index (κ2) is 12.0. The first kappa shape index (κ1) is 23.5. The maximum absolute atomic E-state index is 9.89. The molecular weight excluding hydrogens is 418 g/mol. The number of hydrogen-bond donors (Lipinski definition) is 4. The SMILES string of the molecule is CNCC(O)COc1cccc(-c2nc(NCCCCl)c(C)c(NC3CCOC3)n2)c1. The molecule has 0 aliphatic carbocycles. The smallest absolute Gasteiger partial charge is 0.164 e. The number of aliphatic hydroxyl groups excluding tert-OH is 1. The Morgan fingerprint density at radius 1 is 1.32 bits per heavy atom. The molecule has 31 heavy (non-hydrogen) atoms. The molecule has 1 aromatic heterocycles. The molecule has 0 radical (unpaired) electrons. The van der Waals surface area contributed by atoms with E-state index in [9.17, 15) is 5.11 Å². The lowest BCUT2D eigenvalue weighted by atomic mass is 10.1. The number of likely N-dealkylation sites (N-methyl/N-ethyl adjacent to an activating group) is 1. The second-order valence-corrected chi connectivity index (χ2v) is 7.97. The summed E-state index contributed by atoms with van der Waals surface area (Å²) in [5.41, 5.74) is 1.81. The van der Waals surface area contributed by atoms with E-state index in [0.717, 1.165) is 48.8 Å². The van der Waals surface area contributed by atoms with Gasteiger partial charge in [-0.05, 0) is 38.9 Å². The van der Waals surface area contributed by atoms with Crippen LogP contribution in [0.5, 0.6) is 5.75 Å². The quantitative estimate of drug-likeness (QED) is 0.290. The van der Waals surface area contributed by atoms with Crippen molar-refractivity contribution in [2.24, 2.45) is 0 Å². The molecule has 0 spiro atoms. The average Bonchev–Trinajstić information content (AvgIpc) is 3.28. The van der Waals surface area contributed by atoms with Crippen molar-refractivity contribution in [3.05, 3.63) is 29.8 Å². The lowest BCUT2D eigenvalue weighted by Gasteiger charge is -2.18. The Balaban J connectivity index is 1.84. The molecule has 8 nitrogen and oxygen atoms in total. The molecule has 1 saturated heterocycles. The van der Waals surface area contributed by atoms with Crippen LogP contribution in [0.3, 0.4) is 0 Å². The van der Waals surface area contributed by atoms with Crippen LogP contribution in [0.4, 0.5) is 11.6 Å². The minimum atomic E-state index is -0.577. The van der Waals surface area contributed by atoms with Crippen molar-refractivity contribution in [3.63, 3.8) is 0 Å². The van der Waals surface area contributed by atoms with E-state index in [2.05, 4.69) is 16.0 Å². The first-order chi connectivity index (χ1) is 15.1. The topological polar surface area (TPSA) is 101 Å². The van der Waals surface area contributed by atoms with Gasteiger partial charge in [-0.3, -0.25) is 0 Å². The second-order valence-electron chi connectivity index (χ2n) is 7.59. The van der Waals surface area contributed by atoms with Crippen molar-refractivity contribution in [3.8, 4) is 17.1 Å². The normalized spacial score (nSPS) is 16.8. The number of alkyl halides is 1. The molecule has 1 aliphatic heterocycles. The van der Waals surface area contributed by atoms with E-state index in [1.807, 2.05) is 31.2 Å². The minimum Gasteiger partial charge on any atom is -0.491 e. The number of halogens is 1. The molecular formula is C22H32ClN5O3. The first-order valence-electron chi connectivity index (χ1n) is 10.7. The van der Waals surface area contributed by atoms with E-state index in [1.54, 1.807) is 7.05 Å². The zero-order valence-corrected chi connectivity index (χ0v) is 18.9. The summed E-state index contributed by atoms with van der Waals surface area (Å²) in [5.74, 6) is 3.43. The van der Waals surface area contributed by atoms with Gasteiger partial charge in [0.15, 0.2) is 5.82 Å². The average molecular weight is 450 g/mol. The lowest BCUT2D eigenvalue weighted by Crippen LogP contribution is -2.29. The van der Waals surface area contributed by atoms with Crippen molar-refractivity contribution in [2.45, 2.75) is 31.9 Å². The van der Waals surface area contributed by atoms with Crippen molar-refractivity contribution < 1.29 is 14.6 Å². The molecule has 1 aliphatic rings. The van der Waals surface area contributed by atoms with E-state index in [-0.39, 0.29) is 12.6 Å². The van der Waals surface area contributed by atoms with Crippen molar-refractivity contribution in [1.82, 2.24) is 15.3 Å². The van der Waals surface area contributed by atoms with E-state index in [1.165, 1.54) is 0 Å². The number of ether oxygens (including phenoxy) is 2. The Hall–Kier alpha value is -2.13. The number of rotatable bonds is 12. The molecule has 3 rings (SSSR count). The zero-order valence-electron chi connectivity index (χ0n) is 18.2. The van der Waals surface area contributed by atoms with Crippen molar-refractivity contribution in [2.75, 3.05) is 56.5 Å². The number of hydrogen-bond acceptors (Lipinski definition) is 8. The molecule has 2 atom stereocenters. The summed E-state index contributed by atoms with van der Waals surface area (Å²) in [6.07, 6.45) is 1.22. The highest BCUT2D eigenvalue weighted by atomic mass is 35.5. The van der Waals surface area contributed by atoms with Crippen LogP contribution in [0.15, 0.2) is 24.3 Å². The largest absolute Gasteiger partial charge is 0.491 e. The van der Waals surface area contributed by atoms with Crippen LogP contribution in [-0.4, -0.2) is 73.1 Å². The zero-order chi connectivity index (χ0) is 22.1. The van der Waals surface area contributed by atoms with Gasteiger partial charge in [-0.15, -0.1) is 11.6 Å². The third kappa shape index (κ3) is 6.93. The van der Waals surface area contributed by atoms with Crippen LogP contribution in [0.25, 0.3) is 11.4 Å². The summed E-state index contributed by atoms with van der Waals surface area (Å²) in [7, 11) is 1.79. The Morgan fingerprint density at radius 2 is 2.16 bits per heavy atom. The predicted octanol–water partition coefficient (Wildman–Crippen LogP) is 2.65. The number of nitrogens with one attached hydrogen (secondary N) is 3. The summed E-state index contributed by atoms with van der Waals surface area (Å²) < 4.78 is 11.2. The van der Waals surface area contributed by atoms with Crippen LogP contribution in [-0.2, 0) is 4.74 Å². The molecule has 1 aromatic carbocycles. The van der Waals surface area contributed by atoms with Gasteiger partial charge in [-0.2, -0.15) is 0 Å². The van der Waals surface area contributed by atoms with E-state index >= 15 is 0 Å². The molecule has 2 unspecified atom stereocenters. The summed E-state index contributed by atoms with van der Waals surface area (Å²) in [5, 5.41) is 19.7. The van der Waals surface area contributed by atoms with E-state index < -0.39 is 6.10 Å². The van der Waals surface area contributed by atoms with Gasteiger partial charge in [0.05, 0.1) is 12.6 Å². The fourth-order valence-electron chi connectivity index (χ4n) is 3.29. The van der Waals surface area contributed by atoms with Gasteiger partial charge in [-0.25, -0.2) is 9.97 Å². The molecule has 9 heteroatoms. The fourth-order valence-corrected chi connectivity index (χ4v) is 3.42. The number of aromatic nitrogens is 2. The molecule has 0 saturated carbocycles. The molecule has 0 amide bonds. The molecule has 170 valence electrons. The Bertz CT molecular complexity index is 833. The highest BCUT2D eigenvalue weighted by Gasteiger charge is 2.19. The lowest BCUT2D eigenvalue weighted by molar-refractivity contribution is 0.108. The monoisotopic (exact) mass is 449 g/mol. The van der Waals surface area contributed by atoms with Gasteiger partial charge in [-0.1, -0.05) is 12.1 Å². The van der Waals surface area contributed by atoms with Crippen LogP contribution in [0.1, 0.15) is 18.4 Å². The minimum absolute atomic E-state index is 0.207. The molecule has 0 bridgehead atoms. The number of anilines is 2. The van der Waals surface area contributed by atoms with Crippen LogP contribution < -0.4 is 20.7 Å². The Morgan fingerprint density at radius 3 is 2.90 bits per heavy atom. The standard InChI is InChI=1S/C22H32ClN5O3/c1-15-20(25-9-4-8-23)27-22(28-21(15)26-17-7-10-30-13-17)16-5-3-6-19(11-16)31-14-18(29)12-24-2/h3,5-6,11,17-18,24,29H,4,7-10,12-14H2,1-2H3,(H2,25,26,27,28). The van der Waals surface area contributed by atoms with Gasteiger partial charge >= 0.3 is 0 Å². The van der Waals surface area contributed by atoms with Gasteiger partial charge in [0, 0.05) is 36.7 Å². The van der Waals surface area contributed by atoms with Crippen LogP contribution in [0.2, 0.25) is 0 Å². The number of benzene rings is 1. The van der Waals surface area contributed by atoms with Crippen molar-refractivity contribution in [1.29, 1.82) is 0 Å². The van der Waals surface area contributed by atoms with Crippen LogP contribution in [0, 0.1) is 6.92 Å². The maximum atomic E-state index is 9.89. The number of aliphatic hydroxyl groups is 1. The van der Waals surface area contributed by atoms with E-state index in [0.29, 0.717) is 30.6 Å². The summed E-state index contributed by atoms with van der Waals surface area (Å²) in [4.78, 5) is 9.57. The molecule has 4 N–H and O–H groups in total. The third-order valence-corrected chi connectivity index (χ3v) is 5.26.